The smallest absolute Gasteiger partial charge is 0.223 e. The zero-order valence-electron chi connectivity index (χ0n) is 12.9. The highest BCUT2D eigenvalue weighted by Gasteiger charge is 2.29. The fourth-order valence-electron chi connectivity index (χ4n) is 3.07. The minimum absolute atomic E-state index is 0.191. The van der Waals surface area contributed by atoms with Gasteiger partial charge >= 0.3 is 0 Å². The van der Waals surface area contributed by atoms with Crippen LogP contribution < -0.4 is 0 Å². The number of nitrogens with zero attached hydrogens (tertiary/aromatic N) is 4. The molecule has 1 saturated heterocycles. The highest BCUT2D eigenvalue weighted by molar-refractivity contribution is 7.09. The van der Waals surface area contributed by atoms with Crippen molar-refractivity contribution in [2.75, 3.05) is 6.54 Å². The number of carbonyl (C=O) groups excluding carboxylic acids is 1. The van der Waals surface area contributed by atoms with E-state index in [1.54, 1.807) is 17.5 Å². The molecular formula is C16H22N4OS. The van der Waals surface area contributed by atoms with Crippen LogP contribution in [0.15, 0.2) is 24.0 Å². The van der Waals surface area contributed by atoms with Crippen molar-refractivity contribution in [2.45, 2.75) is 51.6 Å². The first-order valence-corrected chi connectivity index (χ1v) is 8.80. The zero-order chi connectivity index (χ0) is 15.4. The number of amides is 1. The number of aryl methyl sites for hydroxylation is 2. The van der Waals surface area contributed by atoms with Crippen LogP contribution in [-0.4, -0.2) is 31.9 Å². The molecule has 2 aromatic rings. The molecule has 0 N–H and O–H groups in total. The number of hydrogen-bond donors (Lipinski definition) is 0. The van der Waals surface area contributed by atoms with Crippen LogP contribution in [-0.2, 0) is 11.3 Å². The number of aromatic nitrogens is 3. The van der Waals surface area contributed by atoms with Gasteiger partial charge in [0.25, 0.3) is 0 Å². The van der Waals surface area contributed by atoms with Crippen molar-refractivity contribution in [3.05, 3.63) is 34.8 Å². The maximum Gasteiger partial charge on any atom is 0.223 e. The van der Waals surface area contributed by atoms with Crippen LogP contribution in [0.25, 0.3) is 0 Å². The minimum Gasteiger partial charge on any atom is -0.335 e. The summed E-state index contributed by atoms with van der Waals surface area (Å²) in [5.74, 6) is 1.27. The molecule has 0 bridgehead atoms. The Morgan fingerprint density at radius 1 is 1.36 bits per heavy atom. The summed E-state index contributed by atoms with van der Waals surface area (Å²) in [6.45, 7) is 3.71. The fraction of sp³-hybridized carbons (Fsp3) is 0.562. The summed E-state index contributed by atoms with van der Waals surface area (Å²) in [5, 5.41) is 3.08. The van der Waals surface area contributed by atoms with Gasteiger partial charge in [0.1, 0.15) is 10.8 Å². The van der Waals surface area contributed by atoms with Gasteiger partial charge in [-0.1, -0.05) is 0 Å². The summed E-state index contributed by atoms with van der Waals surface area (Å²) in [7, 11) is 0. The number of likely N-dealkylation sites (tertiary alicyclic amines) is 1. The van der Waals surface area contributed by atoms with Crippen molar-refractivity contribution in [1.29, 1.82) is 0 Å². The molecule has 0 aliphatic carbocycles. The van der Waals surface area contributed by atoms with Crippen LogP contribution in [0.4, 0.5) is 0 Å². The van der Waals surface area contributed by atoms with E-state index >= 15 is 0 Å². The Morgan fingerprint density at radius 3 is 3.00 bits per heavy atom. The maximum absolute atomic E-state index is 12.6. The third kappa shape index (κ3) is 3.38. The first-order valence-electron chi connectivity index (χ1n) is 7.92. The summed E-state index contributed by atoms with van der Waals surface area (Å²) >= 11 is 1.66. The first-order chi connectivity index (χ1) is 10.8. The van der Waals surface area contributed by atoms with Crippen LogP contribution in [0.5, 0.6) is 0 Å². The quantitative estimate of drug-likeness (QED) is 0.851. The Bertz CT molecular complexity index is 607. The monoisotopic (exact) mass is 318 g/mol. The van der Waals surface area contributed by atoms with Crippen LogP contribution in [0.3, 0.4) is 0 Å². The van der Waals surface area contributed by atoms with E-state index in [0.29, 0.717) is 6.42 Å². The molecule has 0 spiro atoms. The summed E-state index contributed by atoms with van der Waals surface area (Å²) in [4.78, 5) is 23.3. The second-order valence-corrected chi connectivity index (χ2v) is 6.67. The van der Waals surface area contributed by atoms with E-state index in [1.807, 2.05) is 29.6 Å². The van der Waals surface area contributed by atoms with Gasteiger partial charge in [-0.2, -0.15) is 0 Å². The molecule has 0 saturated carbocycles. The van der Waals surface area contributed by atoms with Gasteiger partial charge in [-0.3, -0.25) is 4.79 Å². The van der Waals surface area contributed by atoms with Crippen LogP contribution in [0, 0.1) is 6.92 Å². The summed E-state index contributed by atoms with van der Waals surface area (Å²) in [5.41, 5.74) is 0. The number of piperidine rings is 1. The average molecular weight is 318 g/mol. The molecule has 1 atom stereocenters. The number of imidazole rings is 1. The molecule has 0 radical (unpaired) electrons. The van der Waals surface area contributed by atoms with Crippen LogP contribution in [0.1, 0.15) is 49.0 Å². The molecule has 22 heavy (non-hydrogen) atoms. The van der Waals surface area contributed by atoms with Gasteiger partial charge in [0, 0.05) is 43.5 Å². The lowest BCUT2D eigenvalue weighted by molar-refractivity contribution is -0.135. The SMILES string of the molecule is Cc1nccn1CCCC(=O)N1CCCC[C@@H]1c1nccs1. The predicted molar refractivity (Wildman–Crippen MR) is 86.6 cm³/mol. The van der Waals surface area contributed by atoms with Crippen molar-refractivity contribution in [3.8, 4) is 0 Å². The third-order valence-corrected chi connectivity index (χ3v) is 5.15. The largest absolute Gasteiger partial charge is 0.335 e. The Hall–Kier alpha value is -1.69. The number of thiazole rings is 1. The highest BCUT2D eigenvalue weighted by atomic mass is 32.1. The molecule has 2 aromatic heterocycles. The van der Waals surface area contributed by atoms with Gasteiger partial charge in [-0.15, -0.1) is 11.3 Å². The van der Waals surface area contributed by atoms with Gasteiger partial charge < -0.3 is 9.47 Å². The Balaban J connectivity index is 1.57. The summed E-state index contributed by atoms with van der Waals surface area (Å²) < 4.78 is 2.10. The van der Waals surface area contributed by atoms with E-state index in [4.69, 9.17) is 0 Å². The molecule has 6 heteroatoms. The lowest BCUT2D eigenvalue weighted by Crippen LogP contribution is -2.38. The standard InChI is InChI=1S/C16H22N4OS/c1-13-17-7-11-19(13)9-4-6-15(21)20-10-3-2-5-14(20)16-18-8-12-22-16/h7-8,11-12,14H,2-6,9-10H2,1H3/t14-/m1/s1. The highest BCUT2D eigenvalue weighted by Crippen LogP contribution is 2.32. The zero-order valence-corrected chi connectivity index (χ0v) is 13.8. The van der Waals surface area contributed by atoms with Gasteiger partial charge in [0.2, 0.25) is 5.91 Å². The van der Waals surface area contributed by atoms with Crippen molar-refractivity contribution in [1.82, 2.24) is 19.4 Å². The Labute approximate surface area is 135 Å². The predicted octanol–water partition coefficient (Wildman–Crippen LogP) is 3.18. The maximum atomic E-state index is 12.6. The first kappa shape index (κ1) is 15.2. The van der Waals surface area contributed by atoms with Crippen molar-refractivity contribution in [2.24, 2.45) is 0 Å². The van der Waals surface area contributed by atoms with Gasteiger partial charge in [-0.25, -0.2) is 9.97 Å². The molecule has 1 aliphatic rings. The molecule has 0 unspecified atom stereocenters. The normalized spacial score (nSPS) is 18.6. The third-order valence-electron chi connectivity index (χ3n) is 4.27. The molecule has 1 amide bonds. The second kappa shape index (κ2) is 7.05. The van der Waals surface area contributed by atoms with E-state index in [-0.39, 0.29) is 11.9 Å². The van der Waals surface area contributed by atoms with Crippen LogP contribution >= 0.6 is 11.3 Å². The fourth-order valence-corrected chi connectivity index (χ4v) is 3.86. The summed E-state index contributed by atoms with van der Waals surface area (Å²) in [6.07, 6.45) is 10.4. The van der Waals surface area contributed by atoms with Crippen molar-refractivity contribution in [3.63, 3.8) is 0 Å². The Morgan fingerprint density at radius 2 is 2.27 bits per heavy atom. The van der Waals surface area contributed by atoms with E-state index < -0.39 is 0 Å². The Kier molecular flexibility index (Phi) is 4.87. The minimum atomic E-state index is 0.191. The second-order valence-electron chi connectivity index (χ2n) is 5.74. The van der Waals surface area contributed by atoms with E-state index in [9.17, 15) is 4.79 Å². The molecule has 1 fully saturated rings. The van der Waals surface area contributed by atoms with Crippen molar-refractivity contribution >= 4 is 17.2 Å². The molecule has 5 nitrogen and oxygen atoms in total. The molecule has 0 aromatic carbocycles. The van der Waals surface area contributed by atoms with Crippen LogP contribution in [0.2, 0.25) is 0 Å². The molecule has 1 aliphatic heterocycles. The molecular weight excluding hydrogens is 296 g/mol. The van der Waals surface area contributed by atoms with E-state index in [0.717, 1.165) is 43.2 Å². The average Bonchev–Trinajstić information content (AvgIpc) is 3.19. The molecule has 3 heterocycles. The van der Waals surface area contributed by atoms with Gasteiger partial charge in [0.05, 0.1) is 6.04 Å². The molecule has 118 valence electrons. The topological polar surface area (TPSA) is 51.0 Å². The number of carbonyl (C=O) groups is 1. The lowest BCUT2D eigenvalue weighted by atomic mass is 10.0. The van der Waals surface area contributed by atoms with Gasteiger partial charge in [0.15, 0.2) is 0 Å². The van der Waals surface area contributed by atoms with E-state index in [1.165, 1.54) is 6.42 Å². The molecule has 3 rings (SSSR count). The van der Waals surface area contributed by atoms with E-state index in [2.05, 4.69) is 14.5 Å². The van der Waals surface area contributed by atoms with Gasteiger partial charge in [-0.05, 0) is 32.6 Å². The number of rotatable bonds is 5. The number of hydrogen-bond acceptors (Lipinski definition) is 4. The summed E-state index contributed by atoms with van der Waals surface area (Å²) in [6, 6.07) is 0.191. The van der Waals surface area contributed by atoms with Crippen molar-refractivity contribution < 1.29 is 4.79 Å². The lowest BCUT2D eigenvalue weighted by Gasteiger charge is -2.34.